The molecular formula is C30H49N3O6. The molecule has 0 radical (unpaired) electrons. The summed E-state index contributed by atoms with van der Waals surface area (Å²) in [5, 5.41) is 5.57. The second kappa shape index (κ2) is 14.3. The van der Waals surface area contributed by atoms with Crippen molar-refractivity contribution in [1.29, 1.82) is 0 Å². The van der Waals surface area contributed by atoms with Crippen molar-refractivity contribution in [2.75, 3.05) is 13.2 Å². The standard InChI is InChI=1S/C30H49N3O6/c1-12-30(10,11)33(27(36)24(19(3)4)32-28(37)39-29(7,8)9)25(22-15-14-20(5)21(6)18-22)26(35)31-17-16-23(34)38-13-2/h14-15,18-19,24-25H,12-13,16-17H2,1-11H3,(H,31,35)(H,32,37). The molecule has 2 unspecified atom stereocenters. The Morgan fingerprint density at radius 1 is 0.974 bits per heavy atom. The fraction of sp³-hybridized carbons (Fsp3) is 0.667. The molecule has 0 fully saturated rings. The van der Waals surface area contributed by atoms with E-state index in [-0.39, 0.29) is 25.5 Å². The SMILES string of the molecule is CCOC(=O)CCNC(=O)C(c1ccc(C)c(C)c1)N(C(=O)C(NC(=O)OC(C)(C)C)C(C)C)C(C)(C)CC. The number of nitrogens with zero attached hydrogens (tertiary/aromatic N) is 1. The number of carbonyl (C=O) groups excluding carboxylic acids is 4. The number of nitrogens with one attached hydrogen (secondary N) is 2. The monoisotopic (exact) mass is 547 g/mol. The smallest absolute Gasteiger partial charge is 0.408 e. The normalized spacial score (nSPS) is 13.3. The number of amides is 3. The van der Waals surface area contributed by atoms with Gasteiger partial charge in [-0.1, -0.05) is 39.0 Å². The fourth-order valence-electron chi connectivity index (χ4n) is 4.01. The molecule has 39 heavy (non-hydrogen) atoms. The zero-order valence-electron chi connectivity index (χ0n) is 25.7. The Morgan fingerprint density at radius 3 is 2.08 bits per heavy atom. The lowest BCUT2D eigenvalue weighted by molar-refractivity contribution is -0.150. The summed E-state index contributed by atoms with van der Waals surface area (Å²) in [7, 11) is 0. The van der Waals surface area contributed by atoms with E-state index in [0.717, 1.165) is 11.1 Å². The van der Waals surface area contributed by atoms with Crippen LogP contribution in [0, 0.1) is 19.8 Å². The highest BCUT2D eigenvalue weighted by Gasteiger charge is 2.44. The predicted molar refractivity (Wildman–Crippen MR) is 152 cm³/mol. The van der Waals surface area contributed by atoms with Gasteiger partial charge in [0, 0.05) is 12.1 Å². The molecule has 3 amide bonds. The predicted octanol–water partition coefficient (Wildman–Crippen LogP) is 4.98. The van der Waals surface area contributed by atoms with Crippen molar-refractivity contribution < 1.29 is 28.7 Å². The van der Waals surface area contributed by atoms with Crippen LogP contribution in [0.3, 0.4) is 0 Å². The third-order valence-corrected chi connectivity index (χ3v) is 6.65. The van der Waals surface area contributed by atoms with Crippen molar-refractivity contribution in [2.24, 2.45) is 5.92 Å². The number of hydrogen-bond donors (Lipinski definition) is 2. The zero-order valence-corrected chi connectivity index (χ0v) is 25.7. The molecule has 9 nitrogen and oxygen atoms in total. The maximum atomic E-state index is 14.3. The third kappa shape index (κ3) is 10.2. The van der Waals surface area contributed by atoms with Gasteiger partial charge in [-0.25, -0.2) is 4.79 Å². The van der Waals surface area contributed by atoms with Crippen LogP contribution < -0.4 is 10.6 Å². The van der Waals surface area contributed by atoms with Gasteiger partial charge in [-0.15, -0.1) is 0 Å². The van der Waals surface area contributed by atoms with E-state index in [2.05, 4.69) is 10.6 Å². The van der Waals surface area contributed by atoms with E-state index in [0.29, 0.717) is 12.0 Å². The minimum Gasteiger partial charge on any atom is -0.466 e. The van der Waals surface area contributed by atoms with E-state index in [4.69, 9.17) is 9.47 Å². The summed E-state index contributed by atoms with van der Waals surface area (Å²) in [5.41, 5.74) is 1.17. The summed E-state index contributed by atoms with van der Waals surface area (Å²) in [6, 6.07) is 3.73. The molecule has 0 bridgehead atoms. The highest BCUT2D eigenvalue weighted by molar-refractivity contribution is 5.93. The maximum Gasteiger partial charge on any atom is 0.408 e. The Bertz CT molecular complexity index is 1010. The van der Waals surface area contributed by atoms with Crippen LogP contribution >= 0.6 is 0 Å². The second-order valence-electron chi connectivity index (χ2n) is 11.8. The van der Waals surface area contributed by atoms with Crippen LogP contribution in [0.15, 0.2) is 18.2 Å². The molecule has 0 aliphatic rings. The average molecular weight is 548 g/mol. The van der Waals surface area contributed by atoms with Crippen LogP contribution in [0.1, 0.15) is 97.9 Å². The van der Waals surface area contributed by atoms with Crippen molar-refractivity contribution >= 4 is 23.9 Å². The first-order valence-electron chi connectivity index (χ1n) is 13.8. The van der Waals surface area contributed by atoms with Crippen LogP contribution in [0.5, 0.6) is 0 Å². The molecule has 1 rings (SSSR count). The van der Waals surface area contributed by atoms with Crippen molar-refractivity contribution in [1.82, 2.24) is 15.5 Å². The van der Waals surface area contributed by atoms with Crippen LogP contribution in [0.2, 0.25) is 0 Å². The number of rotatable bonds is 12. The van der Waals surface area contributed by atoms with Gasteiger partial charge in [-0.3, -0.25) is 14.4 Å². The first kappa shape index (κ1) is 33.9. The molecule has 0 aliphatic carbocycles. The largest absolute Gasteiger partial charge is 0.466 e. The van der Waals surface area contributed by atoms with Crippen molar-refractivity contribution in [3.05, 3.63) is 34.9 Å². The lowest BCUT2D eigenvalue weighted by Gasteiger charge is -2.45. The molecule has 2 atom stereocenters. The molecule has 1 aromatic carbocycles. The van der Waals surface area contributed by atoms with Crippen LogP contribution in [-0.4, -0.2) is 59.1 Å². The quantitative estimate of drug-likeness (QED) is 0.357. The third-order valence-electron chi connectivity index (χ3n) is 6.65. The van der Waals surface area contributed by atoms with Gasteiger partial charge in [-0.2, -0.15) is 0 Å². The van der Waals surface area contributed by atoms with E-state index < -0.39 is 47.1 Å². The lowest BCUT2D eigenvalue weighted by atomic mass is 9.89. The Morgan fingerprint density at radius 2 is 1.59 bits per heavy atom. The first-order valence-corrected chi connectivity index (χ1v) is 13.8. The van der Waals surface area contributed by atoms with Crippen LogP contribution in [-0.2, 0) is 23.9 Å². The number of ether oxygens (including phenoxy) is 2. The van der Waals surface area contributed by atoms with Gasteiger partial charge >= 0.3 is 12.1 Å². The molecule has 0 saturated heterocycles. The van der Waals surface area contributed by atoms with Crippen LogP contribution in [0.4, 0.5) is 4.79 Å². The highest BCUT2D eigenvalue weighted by atomic mass is 16.6. The molecule has 0 aromatic heterocycles. The number of alkyl carbamates (subject to hydrolysis) is 1. The Hall–Kier alpha value is -3.10. The van der Waals surface area contributed by atoms with Crippen molar-refractivity contribution in [3.63, 3.8) is 0 Å². The first-order chi connectivity index (χ1) is 17.9. The van der Waals surface area contributed by atoms with E-state index in [9.17, 15) is 19.2 Å². The topological polar surface area (TPSA) is 114 Å². The summed E-state index contributed by atoms with van der Waals surface area (Å²) in [6.45, 7) is 20.6. The van der Waals surface area contributed by atoms with Gasteiger partial charge in [0.1, 0.15) is 17.7 Å². The number of benzene rings is 1. The number of aryl methyl sites for hydroxylation is 2. The van der Waals surface area contributed by atoms with Crippen LogP contribution in [0.25, 0.3) is 0 Å². The number of esters is 1. The summed E-state index contributed by atoms with van der Waals surface area (Å²) < 4.78 is 10.4. The molecule has 2 N–H and O–H groups in total. The molecule has 0 spiro atoms. The summed E-state index contributed by atoms with van der Waals surface area (Å²) in [5.74, 6) is -1.51. The van der Waals surface area contributed by atoms with E-state index in [1.165, 1.54) is 0 Å². The minimum atomic E-state index is -1.00. The molecule has 220 valence electrons. The van der Waals surface area contributed by atoms with Gasteiger partial charge in [-0.05, 0) is 84.4 Å². The Labute approximate surface area is 234 Å². The van der Waals surface area contributed by atoms with Gasteiger partial charge in [0.05, 0.1) is 13.0 Å². The van der Waals surface area contributed by atoms with Gasteiger partial charge in [0.25, 0.3) is 0 Å². The van der Waals surface area contributed by atoms with Gasteiger partial charge in [0.2, 0.25) is 11.8 Å². The van der Waals surface area contributed by atoms with E-state index in [1.54, 1.807) is 32.6 Å². The Balaban J connectivity index is 3.59. The summed E-state index contributed by atoms with van der Waals surface area (Å²) in [6.07, 6.45) is -0.141. The number of carbonyl (C=O) groups is 4. The fourth-order valence-corrected chi connectivity index (χ4v) is 4.01. The second-order valence-corrected chi connectivity index (χ2v) is 11.8. The minimum absolute atomic E-state index is 0.0131. The highest BCUT2D eigenvalue weighted by Crippen LogP contribution is 2.33. The molecule has 1 aromatic rings. The maximum absolute atomic E-state index is 14.3. The van der Waals surface area contributed by atoms with Gasteiger partial charge < -0.3 is 25.0 Å². The average Bonchev–Trinajstić information content (AvgIpc) is 2.81. The van der Waals surface area contributed by atoms with Crippen molar-refractivity contribution in [3.8, 4) is 0 Å². The summed E-state index contributed by atoms with van der Waals surface area (Å²) in [4.78, 5) is 54.3. The summed E-state index contributed by atoms with van der Waals surface area (Å²) >= 11 is 0. The van der Waals surface area contributed by atoms with E-state index in [1.807, 2.05) is 66.7 Å². The molecule has 0 saturated carbocycles. The number of hydrogen-bond acceptors (Lipinski definition) is 6. The Kier molecular flexibility index (Phi) is 12.5. The van der Waals surface area contributed by atoms with E-state index >= 15 is 0 Å². The lowest BCUT2D eigenvalue weighted by Crippen LogP contribution is -2.60. The van der Waals surface area contributed by atoms with Crippen molar-refractivity contribution in [2.45, 2.75) is 112 Å². The molecule has 9 heteroatoms. The molecule has 0 aliphatic heterocycles. The van der Waals surface area contributed by atoms with Gasteiger partial charge in [0.15, 0.2) is 0 Å². The molecular weight excluding hydrogens is 498 g/mol. The molecule has 0 heterocycles. The zero-order chi connectivity index (χ0) is 30.1.